The Balaban J connectivity index is 1.53. The van der Waals surface area contributed by atoms with Crippen LogP contribution < -0.4 is 15.0 Å². The predicted octanol–water partition coefficient (Wildman–Crippen LogP) is 5.64. The Labute approximate surface area is 199 Å². The van der Waals surface area contributed by atoms with Crippen LogP contribution in [0.3, 0.4) is 0 Å². The van der Waals surface area contributed by atoms with Gasteiger partial charge in [-0.1, -0.05) is 43.1 Å². The SMILES string of the molecule is CC(C)Cc1ncccc1COc1c(Cl)cc(-c2ccnc(N3CCNCC3)c2)cc1Cl. The fourth-order valence-electron chi connectivity index (χ4n) is 3.85. The van der Waals surface area contributed by atoms with Crippen molar-refractivity contribution in [1.82, 2.24) is 15.3 Å². The summed E-state index contributed by atoms with van der Waals surface area (Å²) in [7, 11) is 0. The molecule has 0 aliphatic carbocycles. The van der Waals surface area contributed by atoms with Gasteiger partial charge in [0.05, 0.1) is 10.0 Å². The maximum absolute atomic E-state index is 6.60. The van der Waals surface area contributed by atoms with E-state index in [1.165, 1.54) is 0 Å². The first-order chi connectivity index (χ1) is 15.5. The highest BCUT2D eigenvalue weighted by Gasteiger charge is 2.15. The van der Waals surface area contributed by atoms with E-state index in [-0.39, 0.29) is 0 Å². The summed E-state index contributed by atoms with van der Waals surface area (Å²) in [5.74, 6) is 1.97. The second kappa shape index (κ2) is 10.5. The molecule has 32 heavy (non-hydrogen) atoms. The lowest BCUT2D eigenvalue weighted by Crippen LogP contribution is -2.43. The largest absolute Gasteiger partial charge is 0.486 e. The number of pyridine rings is 2. The van der Waals surface area contributed by atoms with Gasteiger partial charge in [0.1, 0.15) is 12.4 Å². The van der Waals surface area contributed by atoms with E-state index in [1.807, 2.05) is 42.7 Å². The maximum atomic E-state index is 6.60. The molecule has 1 saturated heterocycles. The van der Waals surface area contributed by atoms with Crippen molar-refractivity contribution >= 4 is 29.0 Å². The van der Waals surface area contributed by atoms with Gasteiger partial charge in [-0.05, 0) is 53.8 Å². The number of anilines is 1. The average Bonchev–Trinajstić information content (AvgIpc) is 2.80. The van der Waals surface area contributed by atoms with E-state index in [0.717, 1.165) is 60.8 Å². The van der Waals surface area contributed by atoms with Gasteiger partial charge in [-0.15, -0.1) is 0 Å². The Morgan fingerprint density at radius 2 is 1.75 bits per heavy atom. The molecule has 1 N–H and O–H groups in total. The van der Waals surface area contributed by atoms with Crippen LogP contribution in [0.4, 0.5) is 5.82 Å². The minimum absolute atomic E-state index is 0.372. The Hall–Kier alpha value is -2.34. The van der Waals surface area contributed by atoms with E-state index >= 15 is 0 Å². The van der Waals surface area contributed by atoms with Crippen LogP contribution in [-0.2, 0) is 13.0 Å². The number of piperazine rings is 1. The summed E-state index contributed by atoms with van der Waals surface area (Å²) in [6, 6.07) is 11.8. The first kappa shape index (κ1) is 22.8. The highest BCUT2D eigenvalue weighted by molar-refractivity contribution is 6.37. The molecule has 5 nitrogen and oxygen atoms in total. The zero-order valence-electron chi connectivity index (χ0n) is 18.4. The fourth-order valence-corrected chi connectivity index (χ4v) is 4.45. The quantitative estimate of drug-likeness (QED) is 0.484. The predicted molar refractivity (Wildman–Crippen MR) is 132 cm³/mol. The van der Waals surface area contributed by atoms with Crippen molar-refractivity contribution in [2.24, 2.45) is 5.92 Å². The van der Waals surface area contributed by atoms with Crippen LogP contribution in [0.25, 0.3) is 11.1 Å². The number of aromatic nitrogens is 2. The van der Waals surface area contributed by atoms with Crippen LogP contribution in [0.15, 0.2) is 48.8 Å². The van der Waals surface area contributed by atoms with E-state index in [0.29, 0.717) is 28.3 Å². The van der Waals surface area contributed by atoms with Gasteiger partial charge in [0.25, 0.3) is 0 Å². The molecule has 0 amide bonds. The first-order valence-corrected chi connectivity index (χ1v) is 11.7. The van der Waals surface area contributed by atoms with E-state index in [9.17, 15) is 0 Å². The summed E-state index contributed by atoms with van der Waals surface area (Å²) < 4.78 is 6.05. The first-order valence-electron chi connectivity index (χ1n) is 11.0. The molecule has 168 valence electrons. The number of nitrogens with one attached hydrogen (secondary N) is 1. The number of hydrogen-bond acceptors (Lipinski definition) is 5. The van der Waals surface area contributed by atoms with Crippen molar-refractivity contribution in [3.8, 4) is 16.9 Å². The molecule has 0 radical (unpaired) electrons. The normalized spacial score (nSPS) is 14.1. The second-order valence-corrected chi connectivity index (χ2v) is 9.22. The van der Waals surface area contributed by atoms with Crippen LogP contribution in [0.5, 0.6) is 5.75 Å². The van der Waals surface area contributed by atoms with E-state index < -0.39 is 0 Å². The van der Waals surface area contributed by atoms with Crippen molar-refractivity contribution < 1.29 is 4.74 Å². The third-order valence-electron chi connectivity index (χ3n) is 5.48. The lowest BCUT2D eigenvalue weighted by molar-refractivity contribution is 0.304. The number of halogens is 2. The highest BCUT2D eigenvalue weighted by Crippen LogP contribution is 2.38. The fraction of sp³-hybridized carbons (Fsp3) is 0.360. The third kappa shape index (κ3) is 5.52. The lowest BCUT2D eigenvalue weighted by atomic mass is 10.0. The summed E-state index contributed by atoms with van der Waals surface area (Å²) in [5.41, 5.74) is 4.05. The van der Waals surface area contributed by atoms with Crippen molar-refractivity contribution in [3.63, 3.8) is 0 Å². The van der Waals surface area contributed by atoms with Crippen molar-refractivity contribution in [2.75, 3.05) is 31.1 Å². The molecular weight excluding hydrogens is 443 g/mol. The molecule has 1 aliphatic heterocycles. The minimum Gasteiger partial charge on any atom is -0.486 e. The minimum atomic E-state index is 0.372. The van der Waals surface area contributed by atoms with Crippen molar-refractivity contribution in [3.05, 3.63) is 70.1 Å². The summed E-state index contributed by atoms with van der Waals surface area (Å²) in [5, 5.41) is 4.34. The Kier molecular flexibility index (Phi) is 7.51. The molecular formula is C25H28Cl2N4O. The van der Waals surface area contributed by atoms with Crippen LogP contribution in [0.1, 0.15) is 25.1 Å². The number of nitrogens with zero attached hydrogens (tertiary/aromatic N) is 3. The molecule has 1 fully saturated rings. The van der Waals surface area contributed by atoms with Gasteiger partial charge in [-0.25, -0.2) is 4.98 Å². The third-order valence-corrected chi connectivity index (χ3v) is 6.04. The maximum Gasteiger partial charge on any atom is 0.157 e. The molecule has 0 unspecified atom stereocenters. The van der Waals surface area contributed by atoms with Crippen LogP contribution >= 0.6 is 23.2 Å². The van der Waals surface area contributed by atoms with Gasteiger partial charge in [-0.3, -0.25) is 4.98 Å². The second-order valence-electron chi connectivity index (χ2n) is 8.40. The summed E-state index contributed by atoms with van der Waals surface area (Å²) in [4.78, 5) is 11.3. The Bertz CT molecular complexity index is 1040. The van der Waals surface area contributed by atoms with E-state index in [4.69, 9.17) is 27.9 Å². The molecule has 0 bridgehead atoms. The van der Waals surface area contributed by atoms with E-state index in [2.05, 4.69) is 40.1 Å². The molecule has 3 heterocycles. The van der Waals surface area contributed by atoms with Crippen LogP contribution in [0, 0.1) is 5.92 Å². The van der Waals surface area contributed by atoms with Gasteiger partial charge < -0.3 is 15.0 Å². The highest BCUT2D eigenvalue weighted by atomic mass is 35.5. The molecule has 1 aliphatic rings. The topological polar surface area (TPSA) is 50.3 Å². The van der Waals surface area contributed by atoms with Crippen LogP contribution in [-0.4, -0.2) is 36.1 Å². The number of ether oxygens (including phenoxy) is 1. The van der Waals surface area contributed by atoms with Crippen LogP contribution in [0.2, 0.25) is 10.0 Å². The molecule has 0 saturated carbocycles. The molecule has 3 aromatic rings. The van der Waals surface area contributed by atoms with E-state index in [1.54, 1.807) is 0 Å². The molecule has 1 aromatic carbocycles. The number of hydrogen-bond donors (Lipinski definition) is 1. The van der Waals surface area contributed by atoms with Gasteiger partial charge in [-0.2, -0.15) is 0 Å². The Morgan fingerprint density at radius 3 is 2.47 bits per heavy atom. The van der Waals surface area contributed by atoms with Gasteiger partial charge in [0.15, 0.2) is 5.75 Å². The number of benzene rings is 1. The molecule has 7 heteroatoms. The standard InChI is InChI=1S/C25H28Cl2N4O/c1-17(2)12-23-19(4-3-6-29-23)16-32-25-21(26)13-20(14-22(25)27)18-5-7-30-24(15-18)31-10-8-28-9-11-31/h3-7,13-15,17,28H,8-12,16H2,1-2H3. The van der Waals surface area contributed by atoms with Crippen molar-refractivity contribution in [2.45, 2.75) is 26.9 Å². The zero-order valence-corrected chi connectivity index (χ0v) is 20.0. The smallest absolute Gasteiger partial charge is 0.157 e. The Morgan fingerprint density at radius 1 is 1.00 bits per heavy atom. The monoisotopic (exact) mass is 470 g/mol. The molecule has 4 rings (SSSR count). The van der Waals surface area contributed by atoms with Crippen molar-refractivity contribution in [1.29, 1.82) is 0 Å². The molecule has 0 spiro atoms. The summed E-state index contributed by atoms with van der Waals surface area (Å²) >= 11 is 13.2. The lowest BCUT2D eigenvalue weighted by Gasteiger charge is -2.28. The number of rotatable bonds is 7. The molecule has 2 aromatic heterocycles. The summed E-state index contributed by atoms with van der Waals surface area (Å²) in [6.45, 7) is 8.54. The molecule has 0 atom stereocenters. The van der Waals surface area contributed by atoms with Gasteiger partial charge in [0, 0.05) is 49.8 Å². The average molecular weight is 471 g/mol. The zero-order chi connectivity index (χ0) is 22.5. The van der Waals surface area contributed by atoms with Gasteiger partial charge in [0.2, 0.25) is 0 Å². The summed E-state index contributed by atoms with van der Waals surface area (Å²) in [6.07, 6.45) is 4.55. The van der Waals surface area contributed by atoms with Gasteiger partial charge >= 0.3 is 0 Å².